The van der Waals surface area contributed by atoms with E-state index in [4.69, 9.17) is 5.73 Å². The van der Waals surface area contributed by atoms with Crippen LogP contribution in [-0.4, -0.2) is 5.91 Å². The molecule has 5 heteroatoms. The molecule has 0 unspecified atom stereocenters. The molecule has 92 valence electrons. The van der Waals surface area contributed by atoms with Gasteiger partial charge in [-0.15, -0.1) is 0 Å². The van der Waals surface area contributed by atoms with E-state index in [1.807, 2.05) is 0 Å². The van der Waals surface area contributed by atoms with Gasteiger partial charge in [0.15, 0.2) is 11.6 Å². The Morgan fingerprint density at radius 1 is 0.944 bits per heavy atom. The van der Waals surface area contributed by atoms with Gasteiger partial charge in [0, 0.05) is 17.2 Å². The highest BCUT2D eigenvalue weighted by atomic mass is 19.2. The molecule has 0 aromatic heterocycles. The zero-order valence-electron chi connectivity index (χ0n) is 9.08. The van der Waals surface area contributed by atoms with Crippen molar-refractivity contribution < 1.29 is 18.0 Å². The third kappa shape index (κ3) is 2.20. The fourth-order valence-electron chi connectivity index (χ4n) is 1.58. The lowest BCUT2D eigenvalue weighted by molar-refractivity contribution is 0.100. The third-order valence-corrected chi connectivity index (χ3v) is 2.47. The topological polar surface area (TPSA) is 43.1 Å². The lowest BCUT2D eigenvalue weighted by atomic mass is 10.0. The van der Waals surface area contributed by atoms with Crippen molar-refractivity contribution in [2.45, 2.75) is 0 Å². The first-order valence-electron chi connectivity index (χ1n) is 5.04. The van der Waals surface area contributed by atoms with Crippen molar-refractivity contribution in [1.82, 2.24) is 0 Å². The molecule has 0 fully saturated rings. The summed E-state index contributed by atoms with van der Waals surface area (Å²) in [5, 5.41) is 0. The molecule has 0 spiro atoms. The summed E-state index contributed by atoms with van der Waals surface area (Å²) in [6, 6.07) is 6.92. The van der Waals surface area contributed by atoms with Crippen molar-refractivity contribution in [2.75, 3.05) is 0 Å². The average Bonchev–Trinajstić information content (AvgIpc) is 2.34. The highest BCUT2D eigenvalue weighted by Crippen LogP contribution is 2.25. The Bertz CT molecular complexity index is 626. The molecule has 0 atom stereocenters. The molecule has 0 radical (unpaired) electrons. The first-order chi connectivity index (χ1) is 8.49. The molecular weight excluding hydrogens is 243 g/mol. The van der Waals surface area contributed by atoms with Crippen molar-refractivity contribution in [2.24, 2.45) is 5.73 Å². The van der Waals surface area contributed by atoms with Gasteiger partial charge >= 0.3 is 0 Å². The second-order valence-electron chi connectivity index (χ2n) is 3.69. The van der Waals surface area contributed by atoms with Gasteiger partial charge in [-0.25, -0.2) is 13.2 Å². The lowest BCUT2D eigenvalue weighted by Crippen LogP contribution is -2.10. The molecule has 1 amide bonds. The zero-order valence-corrected chi connectivity index (χ0v) is 9.08. The van der Waals surface area contributed by atoms with E-state index in [0.29, 0.717) is 6.07 Å². The Labute approximate surface area is 101 Å². The number of benzene rings is 2. The average molecular weight is 251 g/mol. The van der Waals surface area contributed by atoms with E-state index in [1.54, 1.807) is 0 Å². The van der Waals surface area contributed by atoms with Crippen molar-refractivity contribution in [1.29, 1.82) is 0 Å². The number of hydrogen-bond acceptors (Lipinski definition) is 1. The summed E-state index contributed by atoms with van der Waals surface area (Å²) in [6.45, 7) is 0. The monoisotopic (exact) mass is 251 g/mol. The maximum atomic E-state index is 13.5. The largest absolute Gasteiger partial charge is 0.366 e. The molecule has 0 heterocycles. The Morgan fingerprint density at radius 2 is 1.61 bits per heavy atom. The number of carbonyl (C=O) groups excluding carboxylic acids is 1. The summed E-state index contributed by atoms with van der Waals surface area (Å²) < 4.78 is 39.4. The summed E-state index contributed by atoms with van der Waals surface area (Å²) in [5.41, 5.74) is 5.37. The van der Waals surface area contributed by atoms with Crippen LogP contribution >= 0.6 is 0 Å². The highest BCUT2D eigenvalue weighted by Gasteiger charge is 2.12. The molecule has 0 aliphatic heterocycles. The van der Waals surface area contributed by atoms with Crippen molar-refractivity contribution >= 4 is 5.91 Å². The van der Waals surface area contributed by atoms with Crippen LogP contribution in [0.2, 0.25) is 0 Å². The maximum Gasteiger partial charge on any atom is 0.248 e. The van der Waals surface area contributed by atoms with E-state index in [1.165, 1.54) is 24.3 Å². The van der Waals surface area contributed by atoms with Gasteiger partial charge in [-0.3, -0.25) is 4.79 Å². The zero-order chi connectivity index (χ0) is 13.3. The van der Waals surface area contributed by atoms with Gasteiger partial charge in [-0.05, 0) is 23.8 Å². The fraction of sp³-hybridized carbons (Fsp3) is 0. The minimum absolute atomic E-state index is 0.128. The van der Waals surface area contributed by atoms with Gasteiger partial charge in [0.1, 0.15) is 5.82 Å². The summed E-state index contributed by atoms with van der Waals surface area (Å²) >= 11 is 0. The minimum Gasteiger partial charge on any atom is -0.366 e. The van der Waals surface area contributed by atoms with Crippen molar-refractivity contribution in [3.05, 3.63) is 59.4 Å². The Balaban J connectivity index is 2.58. The van der Waals surface area contributed by atoms with Gasteiger partial charge < -0.3 is 5.73 Å². The number of halogens is 3. The summed E-state index contributed by atoms with van der Waals surface area (Å²) in [7, 11) is 0. The molecular formula is C13H8F3NO. The standard InChI is InChI=1S/C13H8F3NO/c14-10-6-12(16)11(15)5-9(10)7-2-1-3-8(4-7)13(17)18/h1-6H,(H2,17,18). The van der Waals surface area contributed by atoms with Crippen LogP contribution in [0, 0.1) is 17.5 Å². The molecule has 0 aliphatic carbocycles. The Kier molecular flexibility index (Phi) is 3.06. The van der Waals surface area contributed by atoms with Gasteiger partial charge in [-0.2, -0.15) is 0 Å². The van der Waals surface area contributed by atoms with Gasteiger partial charge in [0.2, 0.25) is 5.91 Å². The van der Waals surface area contributed by atoms with Crippen LogP contribution in [0.3, 0.4) is 0 Å². The number of primary amides is 1. The second-order valence-corrected chi connectivity index (χ2v) is 3.69. The van der Waals surface area contributed by atoms with Crippen LogP contribution in [0.1, 0.15) is 10.4 Å². The van der Waals surface area contributed by atoms with E-state index in [9.17, 15) is 18.0 Å². The molecule has 2 N–H and O–H groups in total. The van der Waals surface area contributed by atoms with Crippen LogP contribution < -0.4 is 5.73 Å². The van der Waals surface area contributed by atoms with Crippen LogP contribution in [-0.2, 0) is 0 Å². The van der Waals surface area contributed by atoms with E-state index < -0.39 is 23.4 Å². The predicted octanol–water partition coefficient (Wildman–Crippen LogP) is 2.87. The smallest absolute Gasteiger partial charge is 0.248 e. The molecule has 2 aromatic rings. The molecule has 2 rings (SSSR count). The fourth-order valence-corrected chi connectivity index (χ4v) is 1.58. The maximum absolute atomic E-state index is 13.5. The van der Waals surface area contributed by atoms with Crippen LogP contribution in [0.15, 0.2) is 36.4 Å². The van der Waals surface area contributed by atoms with Crippen LogP contribution in [0.25, 0.3) is 11.1 Å². The second kappa shape index (κ2) is 4.52. The summed E-state index contributed by atoms with van der Waals surface area (Å²) in [6.07, 6.45) is 0. The van der Waals surface area contributed by atoms with E-state index >= 15 is 0 Å². The lowest BCUT2D eigenvalue weighted by Gasteiger charge is -2.05. The quantitative estimate of drug-likeness (QED) is 0.819. The number of amides is 1. The number of rotatable bonds is 2. The normalized spacial score (nSPS) is 10.4. The van der Waals surface area contributed by atoms with Gasteiger partial charge in [0.25, 0.3) is 0 Å². The molecule has 0 aliphatic rings. The summed E-state index contributed by atoms with van der Waals surface area (Å²) in [4.78, 5) is 11.0. The van der Waals surface area contributed by atoms with E-state index in [-0.39, 0.29) is 16.7 Å². The number of nitrogens with two attached hydrogens (primary N) is 1. The van der Waals surface area contributed by atoms with E-state index in [0.717, 1.165) is 6.07 Å². The molecule has 18 heavy (non-hydrogen) atoms. The van der Waals surface area contributed by atoms with Crippen LogP contribution in [0.4, 0.5) is 13.2 Å². The molecule has 2 aromatic carbocycles. The predicted molar refractivity (Wildman–Crippen MR) is 60.3 cm³/mol. The van der Waals surface area contributed by atoms with Crippen molar-refractivity contribution in [3.8, 4) is 11.1 Å². The van der Waals surface area contributed by atoms with Gasteiger partial charge in [0.05, 0.1) is 0 Å². The summed E-state index contributed by atoms with van der Waals surface area (Å²) in [5.74, 6) is -4.01. The van der Waals surface area contributed by atoms with Gasteiger partial charge in [-0.1, -0.05) is 12.1 Å². The van der Waals surface area contributed by atoms with Crippen LogP contribution in [0.5, 0.6) is 0 Å². The number of carbonyl (C=O) groups is 1. The van der Waals surface area contributed by atoms with Crippen molar-refractivity contribution in [3.63, 3.8) is 0 Å². The Hall–Kier alpha value is -2.30. The molecule has 0 saturated heterocycles. The first kappa shape index (κ1) is 12.2. The molecule has 0 saturated carbocycles. The molecule has 2 nitrogen and oxygen atoms in total. The Morgan fingerprint density at radius 3 is 2.28 bits per heavy atom. The molecule has 0 bridgehead atoms. The third-order valence-electron chi connectivity index (χ3n) is 2.47. The first-order valence-corrected chi connectivity index (χ1v) is 5.04. The van der Waals surface area contributed by atoms with E-state index in [2.05, 4.69) is 0 Å². The number of hydrogen-bond donors (Lipinski definition) is 1. The highest BCUT2D eigenvalue weighted by molar-refractivity contribution is 5.94. The SMILES string of the molecule is NC(=O)c1cccc(-c2cc(F)c(F)cc2F)c1. The minimum atomic E-state index is -1.26.